The molecule has 0 spiro atoms. The third kappa shape index (κ3) is 8.12. The number of hydrogen-bond acceptors (Lipinski definition) is 7. The maximum Gasteiger partial charge on any atom is 0.413 e. The molecule has 4 amide bonds. The van der Waals surface area contributed by atoms with E-state index in [2.05, 4.69) is 20.9 Å². The summed E-state index contributed by atoms with van der Waals surface area (Å²) in [7, 11) is 1.65. The molecule has 1 saturated heterocycles. The Hall–Kier alpha value is -3.77. The Morgan fingerprint density at radius 1 is 1.18 bits per heavy atom. The molecule has 0 aliphatic carbocycles. The van der Waals surface area contributed by atoms with Crippen molar-refractivity contribution in [2.24, 2.45) is 5.92 Å². The molecule has 1 fully saturated rings. The van der Waals surface area contributed by atoms with Crippen LogP contribution in [0.2, 0.25) is 0 Å². The molecule has 1 aliphatic heterocycles. The number of carbonyl (C=O) groups is 3. The average Bonchev–Trinajstić information content (AvgIpc) is 3.36. The number of fused-ring (bicyclic) bond motifs is 1. The van der Waals surface area contributed by atoms with E-state index < -0.39 is 6.09 Å². The minimum atomic E-state index is -0.622. The van der Waals surface area contributed by atoms with Crippen molar-refractivity contribution in [3.05, 3.63) is 59.4 Å². The number of rotatable bonds is 10. The van der Waals surface area contributed by atoms with Gasteiger partial charge in [0.15, 0.2) is 5.13 Å². The van der Waals surface area contributed by atoms with E-state index in [1.807, 2.05) is 29.2 Å². The molecule has 4 rings (SSSR count). The van der Waals surface area contributed by atoms with Gasteiger partial charge in [-0.3, -0.25) is 10.1 Å². The Bertz CT molecular complexity index is 1300. The van der Waals surface area contributed by atoms with Crippen molar-refractivity contribution in [1.29, 1.82) is 0 Å². The van der Waals surface area contributed by atoms with Crippen LogP contribution in [0.25, 0.3) is 10.2 Å². The first-order chi connectivity index (χ1) is 19.3. The number of thiazole rings is 1. The average molecular weight is 571 g/mol. The summed E-state index contributed by atoms with van der Waals surface area (Å²) in [6.07, 6.45) is -0.00218. The first-order valence-corrected chi connectivity index (χ1v) is 14.1. The summed E-state index contributed by atoms with van der Waals surface area (Å²) in [5.74, 6) is -0.544. The molecule has 1 aromatic heterocycles. The second-order valence-electron chi connectivity index (χ2n) is 9.80. The summed E-state index contributed by atoms with van der Waals surface area (Å²) < 4.78 is 20.2. The molecule has 10 nitrogen and oxygen atoms in total. The lowest BCUT2D eigenvalue weighted by atomic mass is 10.00. The van der Waals surface area contributed by atoms with E-state index in [1.165, 1.54) is 22.3 Å². The van der Waals surface area contributed by atoms with Crippen LogP contribution in [-0.2, 0) is 16.1 Å². The molecule has 2 heterocycles. The second kappa shape index (κ2) is 14.0. The van der Waals surface area contributed by atoms with Gasteiger partial charge in [-0.15, -0.1) is 0 Å². The maximum absolute atomic E-state index is 13.8. The van der Waals surface area contributed by atoms with Crippen molar-refractivity contribution in [1.82, 2.24) is 25.4 Å². The van der Waals surface area contributed by atoms with Crippen LogP contribution in [-0.4, -0.2) is 79.2 Å². The third-order valence-corrected chi connectivity index (χ3v) is 7.84. The monoisotopic (exact) mass is 570 g/mol. The highest BCUT2D eigenvalue weighted by molar-refractivity contribution is 7.22. The van der Waals surface area contributed by atoms with E-state index in [0.29, 0.717) is 35.8 Å². The molecule has 40 heavy (non-hydrogen) atoms. The number of piperazine rings is 1. The summed E-state index contributed by atoms with van der Waals surface area (Å²) in [5, 5.41) is 9.16. The van der Waals surface area contributed by atoms with E-state index >= 15 is 0 Å². The van der Waals surface area contributed by atoms with Crippen LogP contribution >= 0.6 is 11.3 Å². The van der Waals surface area contributed by atoms with Gasteiger partial charge in [0.2, 0.25) is 5.91 Å². The first-order valence-electron chi connectivity index (χ1n) is 13.3. The van der Waals surface area contributed by atoms with Crippen LogP contribution < -0.4 is 16.0 Å². The molecule has 0 radical (unpaired) electrons. The molecule has 2 aromatic carbocycles. The number of para-hydroxylation sites is 1. The van der Waals surface area contributed by atoms with Crippen molar-refractivity contribution in [2.75, 3.05) is 51.7 Å². The van der Waals surface area contributed by atoms with Crippen molar-refractivity contribution in [2.45, 2.75) is 26.3 Å². The van der Waals surface area contributed by atoms with E-state index in [0.717, 1.165) is 23.3 Å². The Kier molecular flexibility index (Phi) is 10.3. The Labute approximate surface area is 236 Å². The SMILES string of the molecule is Cc1c(F)cccc1CNC(=O)N(C)CC(CCOC(=O)Nc1nc2ccccc2s1)CC(=O)N1CCNCC1. The predicted molar refractivity (Wildman–Crippen MR) is 153 cm³/mol. The Balaban J connectivity index is 1.31. The quantitative estimate of drug-likeness (QED) is 0.340. The third-order valence-electron chi connectivity index (χ3n) is 6.88. The van der Waals surface area contributed by atoms with Gasteiger partial charge in [-0.05, 0) is 48.6 Å². The first kappa shape index (κ1) is 29.2. The zero-order chi connectivity index (χ0) is 28.5. The molecule has 0 saturated carbocycles. The van der Waals surface area contributed by atoms with Crippen LogP contribution in [0, 0.1) is 18.7 Å². The van der Waals surface area contributed by atoms with Gasteiger partial charge in [0.25, 0.3) is 0 Å². The van der Waals surface area contributed by atoms with Gasteiger partial charge in [-0.1, -0.05) is 35.6 Å². The van der Waals surface area contributed by atoms with Gasteiger partial charge in [0, 0.05) is 52.7 Å². The fourth-order valence-electron chi connectivity index (χ4n) is 4.54. The predicted octanol–water partition coefficient (Wildman–Crippen LogP) is 3.96. The summed E-state index contributed by atoms with van der Waals surface area (Å²) in [6, 6.07) is 12.0. The molecular weight excluding hydrogens is 535 g/mol. The molecular formula is C28H35FN6O4S. The normalized spacial score (nSPS) is 14.0. The van der Waals surface area contributed by atoms with Crippen molar-refractivity contribution in [3.63, 3.8) is 0 Å². The smallest absolute Gasteiger partial charge is 0.413 e. The zero-order valence-corrected chi connectivity index (χ0v) is 23.6. The highest BCUT2D eigenvalue weighted by Crippen LogP contribution is 2.25. The molecule has 12 heteroatoms. The number of urea groups is 1. The number of aromatic nitrogens is 1. The summed E-state index contributed by atoms with van der Waals surface area (Å²) in [4.78, 5) is 45.9. The molecule has 1 aliphatic rings. The number of ether oxygens (including phenoxy) is 1. The highest BCUT2D eigenvalue weighted by Gasteiger charge is 2.24. The lowest BCUT2D eigenvalue weighted by molar-refractivity contribution is -0.133. The molecule has 214 valence electrons. The molecule has 1 unspecified atom stereocenters. The maximum atomic E-state index is 13.8. The van der Waals surface area contributed by atoms with Crippen LogP contribution in [0.3, 0.4) is 0 Å². The fraction of sp³-hybridized carbons (Fsp3) is 0.429. The van der Waals surface area contributed by atoms with Crippen molar-refractivity contribution in [3.8, 4) is 0 Å². The number of nitrogens with zero attached hydrogens (tertiary/aromatic N) is 3. The van der Waals surface area contributed by atoms with E-state index in [9.17, 15) is 18.8 Å². The van der Waals surface area contributed by atoms with E-state index in [1.54, 1.807) is 26.1 Å². The largest absolute Gasteiger partial charge is 0.449 e. The minimum Gasteiger partial charge on any atom is -0.449 e. The van der Waals surface area contributed by atoms with Crippen molar-refractivity contribution >= 4 is 44.7 Å². The van der Waals surface area contributed by atoms with E-state index in [4.69, 9.17) is 4.74 Å². The molecule has 0 bridgehead atoms. The van der Waals surface area contributed by atoms with Crippen LogP contribution in [0.1, 0.15) is 24.0 Å². The minimum absolute atomic E-state index is 0.00891. The zero-order valence-electron chi connectivity index (χ0n) is 22.7. The fourth-order valence-corrected chi connectivity index (χ4v) is 5.39. The lowest BCUT2D eigenvalue weighted by Gasteiger charge is -2.30. The number of carbonyl (C=O) groups excluding carboxylic acids is 3. The van der Waals surface area contributed by atoms with Gasteiger partial charge in [-0.2, -0.15) is 0 Å². The van der Waals surface area contributed by atoms with Gasteiger partial charge in [0.1, 0.15) is 5.82 Å². The highest BCUT2D eigenvalue weighted by atomic mass is 32.1. The van der Waals surface area contributed by atoms with Crippen molar-refractivity contribution < 1.29 is 23.5 Å². The number of hydrogen-bond donors (Lipinski definition) is 3. The number of benzene rings is 2. The Morgan fingerprint density at radius 3 is 2.73 bits per heavy atom. The van der Waals surface area contributed by atoms with Crippen LogP contribution in [0.4, 0.5) is 19.1 Å². The Morgan fingerprint density at radius 2 is 1.95 bits per heavy atom. The standard InChI is InChI=1S/C28H35FN6O4S/c1-19-21(6-5-7-22(19)29)17-31-27(37)34(2)18-20(16-25(36)35-13-11-30-12-14-35)10-15-39-28(38)33-26-32-23-8-3-4-9-24(23)40-26/h3-9,20,30H,10-18H2,1-2H3,(H,31,37)(H,32,33,38). The lowest BCUT2D eigenvalue weighted by Crippen LogP contribution is -2.47. The van der Waals surface area contributed by atoms with Crippen LogP contribution in [0.5, 0.6) is 0 Å². The summed E-state index contributed by atoms with van der Waals surface area (Å²) in [6.45, 7) is 4.98. The van der Waals surface area contributed by atoms with Gasteiger partial charge in [-0.25, -0.2) is 19.0 Å². The van der Waals surface area contributed by atoms with Gasteiger partial charge < -0.3 is 25.2 Å². The number of nitrogens with one attached hydrogen (secondary N) is 3. The summed E-state index contributed by atoms with van der Waals surface area (Å²) >= 11 is 1.36. The second-order valence-corrected chi connectivity index (χ2v) is 10.8. The topological polar surface area (TPSA) is 116 Å². The summed E-state index contributed by atoms with van der Waals surface area (Å²) in [5.41, 5.74) is 1.98. The molecule has 1 atom stereocenters. The number of amides is 4. The molecule has 3 N–H and O–H groups in total. The van der Waals surface area contributed by atoms with Gasteiger partial charge in [0.05, 0.1) is 16.8 Å². The number of halogens is 1. The van der Waals surface area contributed by atoms with Gasteiger partial charge >= 0.3 is 12.1 Å². The number of anilines is 1. The van der Waals surface area contributed by atoms with Crippen LogP contribution in [0.15, 0.2) is 42.5 Å². The van der Waals surface area contributed by atoms with E-state index in [-0.39, 0.29) is 49.8 Å². The molecule has 3 aromatic rings.